The fourth-order valence-electron chi connectivity index (χ4n) is 2.88. The van der Waals surface area contributed by atoms with Gasteiger partial charge in [-0.05, 0) is 42.0 Å². The van der Waals surface area contributed by atoms with E-state index in [9.17, 15) is 4.79 Å². The van der Waals surface area contributed by atoms with Crippen LogP contribution in [0.3, 0.4) is 0 Å². The Kier molecular flexibility index (Phi) is 5.17. The van der Waals surface area contributed by atoms with Crippen molar-refractivity contribution in [1.29, 1.82) is 0 Å². The van der Waals surface area contributed by atoms with Crippen molar-refractivity contribution in [1.82, 2.24) is 9.97 Å². The molecule has 0 aliphatic carbocycles. The van der Waals surface area contributed by atoms with Crippen molar-refractivity contribution in [3.63, 3.8) is 0 Å². The number of halogens is 1. The van der Waals surface area contributed by atoms with Crippen LogP contribution in [-0.2, 0) is 11.2 Å². The summed E-state index contributed by atoms with van der Waals surface area (Å²) in [5.74, 6) is 0.567. The van der Waals surface area contributed by atoms with Gasteiger partial charge in [-0.2, -0.15) is 0 Å². The number of carbonyl (C=O) groups excluding carboxylic acids is 1. The largest absolute Gasteiger partial charge is 0.338 e. The maximum Gasteiger partial charge on any atom is 0.228 e. The van der Waals surface area contributed by atoms with Crippen molar-refractivity contribution in [2.75, 3.05) is 10.6 Å². The molecule has 1 amide bonds. The molecule has 4 rings (SSSR count). The number of pyridine rings is 2. The van der Waals surface area contributed by atoms with E-state index in [1.807, 2.05) is 54.6 Å². The lowest BCUT2D eigenvalue weighted by atomic mass is 10.1. The Bertz CT molecular complexity index is 1110. The average Bonchev–Trinajstić information content (AvgIpc) is 2.71. The Morgan fingerprint density at radius 1 is 0.929 bits per heavy atom. The minimum absolute atomic E-state index is 0.108. The van der Waals surface area contributed by atoms with Crippen molar-refractivity contribution < 1.29 is 4.79 Å². The molecule has 0 saturated heterocycles. The summed E-state index contributed by atoms with van der Waals surface area (Å²) in [6, 6.07) is 20.7. The molecule has 4 aromatic rings. The van der Waals surface area contributed by atoms with Gasteiger partial charge in [0.15, 0.2) is 0 Å². The first-order chi connectivity index (χ1) is 13.7. The summed E-state index contributed by atoms with van der Waals surface area (Å²) in [7, 11) is 0. The highest BCUT2D eigenvalue weighted by Gasteiger charge is 2.06. The fraction of sp³-hybridized carbons (Fsp3) is 0.0455. The van der Waals surface area contributed by atoms with Gasteiger partial charge in [-0.3, -0.25) is 9.78 Å². The molecule has 0 bridgehead atoms. The fourth-order valence-corrected chi connectivity index (χ4v) is 3.00. The molecule has 0 aliphatic rings. The van der Waals surface area contributed by atoms with E-state index in [2.05, 4.69) is 20.6 Å². The molecule has 138 valence electrons. The number of hydrogen-bond acceptors (Lipinski definition) is 4. The van der Waals surface area contributed by atoms with Gasteiger partial charge in [0, 0.05) is 16.6 Å². The molecule has 0 radical (unpaired) electrons. The minimum Gasteiger partial charge on any atom is -0.338 e. The maximum absolute atomic E-state index is 12.2. The van der Waals surface area contributed by atoms with Gasteiger partial charge in [0.25, 0.3) is 0 Å². The molecule has 6 heteroatoms. The number of aromatic nitrogens is 2. The zero-order valence-corrected chi connectivity index (χ0v) is 15.6. The summed E-state index contributed by atoms with van der Waals surface area (Å²) in [5.41, 5.74) is 3.30. The van der Waals surface area contributed by atoms with E-state index >= 15 is 0 Å². The first kappa shape index (κ1) is 17.9. The van der Waals surface area contributed by atoms with Crippen LogP contribution in [0.4, 0.5) is 17.2 Å². The van der Waals surface area contributed by atoms with Crippen molar-refractivity contribution >= 4 is 45.6 Å². The number of benzene rings is 2. The third-order valence-corrected chi connectivity index (χ3v) is 4.47. The number of anilines is 3. The van der Waals surface area contributed by atoms with Gasteiger partial charge in [-0.1, -0.05) is 41.9 Å². The summed E-state index contributed by atoms with van der Waals surface area (Å²) in [6.07, 6.45) is 3.67. The molecule has 0 spiro atoms. The number of para-hydroxylation sites is 1. The molecule has 2 N–H and O–H groups in total. The lowest BCUT2D eigenvalue weighted by Crippen LogP contribution is -2.14. The van der Waals surface area contributed by atoms with E-state index in [0.717, 1.165) is 22.2 Å². The molecule has 5 nitrogen and oxygen atoms in total. The Labute approximate surface area is 167 Å². The molecule has 2 aromatic heterocycles. The second kappa shape index (κ2) is 8.06. The van der Waals surface area contributed by atoms with Crippen molar-refractivity contribution in [3.05, 3.63) is 89.7 Å². The molecule has 0 saturated carbocycles. The van der Waals surface area contributed by atoms with Gasteiger partial charge < -0.3 is 10.6 Å². The van der Waals surface area contributed by atoms with Crippen LogP contribution in [0.2, 0.25) is 5.02 Å². The predicted molar refractivity (Wildman–Crippen MR) is 113 cm³/mol. The highest BCUT2D eigenvalue weighted by molar-refractivity contribution is 6.30. The van der Waals surface area contributed by atoms with Crippen LogP contribution < -0.4 is 10.6 Å². The maximum atomic E-state index is 12.2. The van der Waals surface area contributed by atoms with E-state index in [-0.39, 0.29) is 12.3 Å². The van der Waals surface area contributed by atoms with Crippen LogP contribution >= 0.6 is 11.6 Å². The van der Waals surface area contributed by atoms with E-state index in [0.29, 0.717) is 16.5 Å². The standard InChI is InChI=1S/C22H17ClN4O/c23-17-8-6-15(7-9-17)13-21(28)26-18-10-11-20(25-14-18)27-19-5-1-3-16-4-2-12-24-22(16)19/h1-12,14H,13H2,(H,25,27)(H,26,28). The SMILES string of the molecule is O=C(Cc1ccc(Cl)cc1)Nc1ccc(Nc2cccc3cccnc23)nc1. The zero-order chi connectivity index (χ0) is 19.3. The molecule has 28 heavy (non-hydrogen) atoms. The number of carbonyl (C=O) groups is 1. The van der Waals surface area contributed by atoms with Crippen LogP contribution in [0.1, 0.15) is 5.56 Å². The number of nitrogens with one attached hydrogen (secondary N) is 2. The Balaban J connectivity index is 1.42. The summed E-state index contributed by atoms with van der Waals surface area (Å²) < 4.78 is 0. The monoisotopic (exact) mass is 388 g/mol. The molecule has 0 aliphatic heterocycles. The van der Waals surface area contributed by atoms with Crippen LogP contribution in [-0.4, -0.2) is 15.9 Å². The summed E-state index contributed by atoms with van der Waals surface area (Å²) in [6.45, 7) is 0. The van der Waals surface area contributed by atoms with Crippen molar-refractivity contribution in [2.24, 2.45) is 0 Å². The Morgan fingerprint density at radius 3 is 2.54 bits per heavy atom. The molecule has 0 atom stereocenters. The quantitative estimate of drug-likeness (QED) is 0.492. The first-order valence-corrected chi connectivity index (χ1v) is 9.16. The first-order valence-electron chi connectivity index (χ1n) is 8.78. The topological polar surface area (TPSA) is 66.9 Å². The molecule has 0 fully saturated rings. The van der Waals surface area contributed by atoms with Crippen LogP contribution in [0.25, 0.3) is 10.9 Å². The van der Waals surface area contributed by atoms with E-state index < -0.39 is 0 Å². The summed E-state index contributed by atoms with van der Waals surface area (Å²) in [5, 5.41) is 7.83. The van der Waals surface area contributed by atoms with Gasteiger partial charge >= 0.3 is 0 Å². The van der Waals surface area contributed by atoms with Crippen LogP contribution in [0, 0.1) is 0 Å². The smallest absolute Gasteiger partial charge is 0.228 e. The van der Waals surface area contributed by atoms with Crippen molar-refractivity contribution in [3.8, 4) is 0 Å². The van der Waals surface area contributed by atoms with Gasteiger partial charge in [-0.25, -0.2) is 4.98 Å². The third-order valence-electron chi connectivity index (χ3n) is 4.22. The molecule has 2 aromatic carbocycles. The number of nitrogens with zero attached hydrogens (tertiary/aromatic N) is 2. The third kappa shape index (κ3) is 4.27. The van der Waals surface area contributed by atoms with E-state index in [4.69, 9.17) is 11.6 Å². The lowest BCUT2D eigenvalue weighted by molar-refractivity contribution is -0.115. The zero-order valence-electron chi connectivity index (χ0n) is 14.9. The molecular formula is C22H17ClN4O. The van der Waals surface area contributed by atoms with Crippen molar-refractivity contribution in [2.45, 2.75) is 6.42 Å². The normalized spacial score (nSPS) is 10.6. The predicted octanol–water partition coefficient (Wildman–Crippen LogP) is 5.21. The minimum atomic E-state index is -0.108. The molecular weight excluding hydrogens is 372 g/mol. The van der Waals surface area contributed by atoms with Gasteiger partial charge in [0.05, 0.1) is 29.5 Å². The number of fused-ring (bicyclic) bond motifs is 1. The number of rotatable bonds is 5. The molecule has 2 heterocycles. The lowest BCUT2D eigenvalue weighted by Gasteiger charge is -2.09. The van der Waals surface area contributed by atoms with E-state index in [1.54, 1.807) is 24.5 Å². The Morgan fingerprint density at radius 2 is 1.75 bits per heavy atom. The highest BCUT2D eigenvalue weighted by atomic mass is 35.5. The average molecular weight is 389 g/mol. The number of hydrogen-bond donors (Lipinski definition) is 2. The van der Waals surface area contributed by atoms with E-state index in [1.165, 1.54) is 0 Å². The van der Waals surface area contributed by atoms with Gasteiger partial charge in [0.2, 0.25) is 5.91 Å². The second-order valence-electron chi connectivity index (χ2n) is 6.29. The molecule has 0 unspecified atom stereocenters. The summed E-state index contributed by atoms with van der Waals surface area (Å²) >= 11 is 5.86. The van der Waals surface area contributed by atoms with Crippen LogP contribution in [0.5, 0.6) is 0 Å². The second-order valence-corrected chi connectivity index (χ2v) is 6.73. The van der Waals surface area contributed by atoms with Gasteiger partial charge in [0.1, 0.15) is 5.82 Å². The number of amides is 1. The highest BCUT2D eigenvalue weighted by Crippen LogP contribution is 2.24. The Hall–Kier alpha value is -3.44. The van der Waals surface area contributed by atoms with Crippen LogP contribution in [0.15, 0.2) is 79.1 Å². The summed E-state index contributed by atoms with van der Waals surface area (Å²) in [4.78, 5) is 21.0. The van der Waals surface area contributed by atoms with Gasteiger partial charge in [-0.15, -0.1) is 0 Å².